The average molecular weight is 461 g/mol. The number of likely N-dealkylation sites (tertiary alicyclic amines) is 1. The van der Waals surface area contributed by atoms with Gasteiger partial charge in [0.25, 0.3) is 5.91 Å². The molecular weight excluding hydrogens is 420 g/mol. The van der Waals surface area contributed by atoms with E-state index in [1.807, 2.05) is 42.5 Å². The van der Waals surface area contributed by atoms with Gasteiger partial charge >= 0.3 is 0 Å². The molecule has 1 aliphatic heterocycles. The molecule has 2 saturated carbocycles. The minimum Gasteiger partial charge on any atom is -0.508 e. The van der Waals surface area contributed by atoms with Gasteiger partial charge in [-0.3, -0.25) is 4.79 Å². The summed E-state index contributed by atoms with van der Waals surface area (Å²) in [5.41, 5.74) is 2.08. The van der Waals surface area contributed by atoms with Crippen molar-refractivity contribution >= 4 is 5.91 Å². The van der Waals surface area contributed by atoms with Crippen LogP contribution in [0, 0.1) is 17.8 Å². The molecule has 5 rings (SSSR count). The predicted octanol–water partition coefficient (Wildman–Crippen LogP) is 5.71. The van der Waals surface area contributed by atoms with Gasteiger partial charge in [-0.25, -0.2) is 0 Å². The molecule has 2 aromatic carbocycles. The first-order valence-electron chi connectivity index (χ1n) is 13.3. The van der Waals surface area contributed by atoms with Gasteiger partial charge in [-0.15, -0.1) is 0 Å². The summed E-state index contributed by atoms with van der Waals surface area (Å²) < 4.78 is 0. The molecule has 2 aliphatic carbocycles. The molecule has 1 N–H and O–H groups in total. The zero-order chi connectivity index (χ0) is 23.7. The summed E-state index contributed by atoms with van der Waals surface area (Å²) >= 11 is 0. The van der Waals surface area contributed by atoms with Crippen LogP contribution in [0.15, 0.2) is 54.6 Å². The summed E-state index contributed by atoms with van der Waals surface area (Å²) in [6.07, 6.45) is 7.09. The third kappa shape index (κ3) is 4.88. The van der Waals surface area contributed by atoms with Crippen molar-refractivity contribution in [2.24, 2.45) is 17.8 Å². The third-order valence-electron chi connectivity index (χ3n) is 8.50. The second-order valence-corrected chi connectivity index (χ2v) is 11.5. The fraction of sp³-hybridized carbons (Fsp3) is 0.567. The Morgan fingerprint density at radius 2 is 1.88 bits per heavy atom. The molecule has 4 nitrogen and oxygen atoms in total. The van der Waals surface area contributed by atoms with Crippen LogP contribution in [-0.2, 0) is 5.41 Å². The minimum atomic E-state index is 0.0217. The Kier molecular flexibility index (Phi) is 6.70. The Bertz CT molecular complexity index is 986. The van der Waals surface area contributed by atoms with Crippen molar-refractivity contribution in [3.8, 4) is 5.75 Å². The molecule has 3 atom stereocenters. The van der Waals surface area contributed by atoms with E-state index in [2.05, 4.69) is 29.7 Å². The Balaban J connectivity index is 1.45. The Labute approximate surface area is 205 Å². The van der Waals surface area contributed by atoms with E-state index in [1.54, 1.807) is 6.07 Å². The third-order valence-corrected chi connectivity index (χ3v) is 8.50. The molecule has 182 valence electrons. The van der Waals surface area contributed by atoms with E-state index in [0.29, 0.717) is 17.6 Å². The first kappa shape index (κ1) is 23.4. The molecule has 3 fully saturated rings. The molecule has 0 bridgehead atoms. The van der Waals surface area contributed by atoms with E-state index < -0.39 is 0 Å². The number of carbonyl (C=O) groups is 1. The number of hydrogen-bond acceptors (Lipinski definition) is 3. The summed E-state index contributed by atoms with van der Waals surface area (Å²) in [4.78, 5) is 18.6. The van der Waals surface area contributed by atoms with Gasteiger partial charge in [0.05, 0.1) is 0 Å². The van der Waals surface area contributed by atoms with Gasteiger partial charge in [0.1, 0.15) is 5.75 Å². The predicted molar refractivity (Wildman–Crippen MR) is 137 cm³/mol. The molecule has 3 unspecified atom stereocenters. The van der Waals surface area contributed by atoms with E-state index in [9.17, 15) is 9.90 Å². The molecule has 1 heterocycles. The van der Waals surface area contributed by atoms with Gasteiger partial charge < -0.3 is 14.9 Å². The SMILES string of the molecule is CC(C)CN(C(=O)c1ccccc1)C1CCC2CN(CC3CC3)CCC2(c2cccc(O)c2)C1. The van der Waals surface area contributed by atoms with E-state index >= 15 is 0 Å². The first-order valence-corrected chi connectivity index (χ1v) is 13.3. The number of nitrogens with zero attached hydrogens (tertiary/aromatic N) is 2. The molecule has 2 aromatic rings. The monoisotopic (exact) mass is 460 g/mol. The summed E-state index contributed by atoms with van der Waals surface area (Å²) in [6.45, 7) is 8.72. The summed E-state index contributed by atoms with van der Waals surface area (Å²) in [7, 11) is 0. The number of aromatic hydroxyl groups is 1. The van der Waals surface area contributed by atoms with Gasteiger partial charge in [-0.1, -0.05) is 44.2 Å². The highest BCUT2D eigenvalue weighted by Gasteiger charge is 2.50. The van der Waals surface area contributed by atoms with Gasteiger partial charge in [0.15, 0.2) is 0 Å². The maximum atomic E-state index is 13.7. The molecule has 0 radical (unpaired) electrons. The quantitative estimate of drug-likeness (QED) is 0.575. The lowest BCUT2D eigenvalue weighted by Gasteiger charge is -2.54. The fourth-order valence-electron chi connectivity index (χ4n) is 6.64. The summed E-state index contributed by atoms with van der Waals surface area (Å²) in [5, 5.41) is 10.4. The zero-order valence-electron chi connectivity index (χ0n) is 20.8. The number of carbonyl (C=O) groups excluding carboxylic acids is 1. The number of phenolic OH excluding ortho intramolecular Hbond substituents is 1. The molecule has 1 saturated heterocycles. The molecular formula is C30H40N2O2. The van der Waals surface area contributed by atoms with Crippen LogP contribution in [0.2, 0.25) is 0 Å². The second kappa shape index (κ2) is 9.73. The zero-order valence-corrected chi connectivity index (χ0v) is 20.8. The van der Waals surface area contributed by atoms with Crippen molar-refractivity contribution in [3.05, 3.63) is 65.7 Å². The molecule has 4 heteroatoms. The lowest BCUT2D eigenvalue weighted by molar-refractivity contribution is 0.00989. The number of benzene rings is 2. The number of piperidine rings is 1. The van der Waals surface area contributed by atoms with E-state index in [0.717, 1.165) is 56.8 Å². The van der Waals surface area contributed by atoms with Gasteiger partial charge in [0, 0.05) is 36.7 Å². The lowest BCUT2D eigenvalue weighted by atomic mass is 9.57. The second-order valence-electron chi connectivity index (χ2n) is 11.5. The Hall–Kier alpha value is -2.33. The number of rotatable bonds is 7. The van der Waals surface area contributed by atoms with Crippen molar-refractivity contribution in [3.63, 3.8) is 0 Å². The maximum Gasteiger partial charge on any atom is 0.254 e. The van der Waals surface area contributed by atoms with Crippen molar-refractivity contribution in [2.45, 2.75) is 63.8 Å². The van der Waals surface area contributed by atoms with Crippen molar-refractivity contribution in [1.29, 1.82) is 0 Å². The number of phenols is 1. The van der Waals surface area contributed by atoms with Crippen LogP contribution in [0.25, 0.3) is 0 Å². The van der Waals surface area contributed by atoms with Crippen LogP contribution in [0.4, 0.5) is 0 Å². The minimum absolute atomic E-state index is 0.0217. The molecule has 0 spiro atoms. The molecule has 3 aliphatic rings. The van der Waals surface area contributed by atoms with Crippen molar-refractivity contribution in [2.75, 3.05) is 26.2 Å². The average Bonchev–Trinajstić information content (AvgIpc) is 3.66. The van der Waals surface area contributed by atoms with Gasteiger partial charge in [-0.05, 0) is 92.7 Å². The number of fused-ring (bicyclic) bond motifs is 1. The van der Waals surface area contributed by atoms with Crippen LogP contribution in [-0.4, -0.2) is 53.0 Å². The normalized spacial score (nSPS) is 27.4. The van der Waals surface area contributed by atoms with E-state index in [1.165, 1.54) is 24.9 Å². The van der Waals surface area contributed by atoms with Crippen LogP contribution >= 0.6 is 0 Å². The Morgan fingerprint density at radius 3 is 2.59 bits per heavy atom. The largest absolute Gasteiger partial charge is 0.508 e. The first-order chi connectivity index (χ1) is 16.4. The molecule has 1 amide bonds. The summed E-state index contributed by atoms with van der Waals surface area (Å²) in [5.74, 6) is 2.42. The highest BCUT2D eigenvalue weighted by Crippen LogP contribution is 2.51. The maximum absolute atomic E-state index is 13.7. The highest BCUT2D eigenvalue weighted by molar-refractivity contribution is 5.94. The van der Waals surface area contributed by atoms with E-state index in [-0.39, 0.29) is 17.4 Å². The van der Waals surface area contributed by atoms with E-state index in [4.69, 9.17) is 0 Å². The van der Waals surface area contributed by atoms with Gasteiger partial charge in [-0.2, -0.15) is 0 Å². The molecule has 0 aromatic heterocycles. The van der Waals surface area contributed by atoms with Gasteiger partial charge in [0.2, 0.25) is 0 Å². The van der Waals surface area contributed by atoms with Crippen LogP contribution in [0.1, 0.15) is 68.3 Å². The van der Waals surface area contributed by atoms with Crippen LogP contribution in [0.3, 0.4) is 0 Å². The van der Waals surface area contributed by atoms with Crippen LogP contribution < -0.4 is 0 Å². The Morgan fingerprint density at radius 1 is 1.09 bits per heavy atom. The number of hydrogen-bond donors (Lipinski definition) is 1. The standard InChI is InChI=1S/C30H40N2O2/c1-22(2)19-32(29(34)24-7-4-3-5-8-24)27-14-13-26-21-31(20-23-11-12-23)16-15-30(26,18-27)25-9-6-10-28(33)17-25/h3-10,17,22-23,26-27,33H,11-16,18-21H2,1-2H3. The fourth-order valence-corrected chi connectivity index (χ4v) is 6.64. The summed E-state index contributed by atoms with van der Waals surface area (Å²) in [6, 6.07) is 18.0. The highest BCUT2D eigenvalue weighted by atomic mass is 16.3. The molecule has 34 heavy (non-hydrogen) atoms. The lowest BCUT2D eigenvalue weighted by Crippen LogP contribution is -2.57. The topological polar surface area (TPSA) is 43.8 Å². The van der Waals surface area contributed by atoms with Crippen molar-refractivity contribution < 1.29 is 9.90 Å². The number of amides is 1. The smallest absolute Gasteiger partial charge is 0.254 e. The van der Waals surface area contributed by atoms with Crippen molar-refractivity contribution in [1.82, 2.24) is 9.80 Å². The van der Waals surface area contributed by atoms with Crippen LogP contribution in [0.5, 0.6) is 5.75 Å².